The van der Waals surface area contributed by atoms with Crippen LogP contribution in [0, 0.1) is 5.92 Å². The highest BCUT2D eigenvalue weighted by Gasteiger charge is 2.15. The molecule has 0 fully saturated rings. The first-order chi connectivity index (χ1) is 9.20. The molecular weight excluding hydrogens is 252 g/mol. The number of aromatic nitrogens is 2. The van der Waals surface area contributed by atoms with Crippen molar-refractivity contribution in [1.29, 1.82) is 0 Å². The van der Waals surface area contributed by atoms with Gasteiger partial charge in [0.05, 0.1) is 17.8 Å². The zero-order valence-electron chi connectivity index (χ0n) is 13.5. The number of amides is 1. The van der Waals surface area contributed by atoms with Crippen LogP contribution in [0.4, 0.5) is 0 Å². The number of carbonyl (C=O) groups is 1. The van der Waals surface area contributed by atoms with E-state index in [2.05, 4.69) is 50.4 Å². The van der Waals surface area contributed by atoms with Gasteiger partial charge in [-0.3, -0.25) is 9.48 Å². The van der Waals surface area contributed by atoms with E-state index in [1.54, 1.807) is 0 Å². The van der Waals surface area contributed by atoms with Crippen molar-refractivity contribution in [3.8, 4) is 0 Å². The molecule has 114 valence electrons. The summed E-state index contributed by atoms with van der Waals surface area (Å²) in [6.07, 6.45) is 3.86. The molecule has 1 rings (SSSR count). The van der Waals surface area contributed by atoms with Gasteiger partial charge in [0.2, 0.25) is 5.91 Å². The lowest BCUT2D eigenvalue weighted by atomic mass is 10.1. The van der Waals surface area contributed by atoms with Crippen LogP contribution in [0.5, 0.6) is 0 Å². The molecular formula is C15H28N4O. The maximum absolute atomic E-state index is 11.8. The van der Waals surface area contributed by atoms with Crippen molar-refractivity contribution >= 4 is 5.91 Å². The summed E-state index contributed by atoms with van der Waals surface area (Å²) in [6.45, 7) is 13.7. The van der Waals surface area contributed by atoms with Crippen molar-refractivity contribution in [3.05, 3.63) is 18.0 Å². The number of hydrogen-bond acceptors (Lipinski definition) is 3. The van der Waals surface area contributed by atoms with Crippen molar-refractivity contribution in [2.75, 3.05) is 6.54 Å². The minimum absolute atomic E-state index is 0.0154. The van der Waals surface area contributed by atoms with Gasteiger partial charge in [0.25, 0.3) is 0 Å². The molecule has 0 aromatic carbocycles. The van der Waals surface area contributed by atoms with Gasteiger partial charge in [-0.1, -0.05) is 13.8 Å². The maximum Gasteiger partial charge on any atom is 0.236 e. The normalized spacial score (nSPS) is 13.6. The third kappa shape index (κ3) is 5.33. The van der Waals surface area contributed by atoms with Gasteiger partial charge >= 0.3 is 0 Å². The van der Waals surface area contributed by atoms with Crippen LogP contribution >= 0.6 is 0 Å². The Bertz CT molecular complexity index is 431. The Kier molecular flexibility index (Phi) is 5.74. The van der Waals surface area contributed by atoms with Gasteiger partial charge in [-0.15, -0.1) is 0 Å². The number of nitrogens with zero attached hydrogens (tertiary/aromatic N) is 2. The van der Waals surface area contributed by atoms with E-state index in [1.165, 1.54) is 0 Å². The summed E-state index contributed by atoms with van der Waals surface area (Å²) in [7, 11) is 0. The lowest BCUT2D eigenvalue weighted by molar-refractivity contribution is -0.122. The summed E-state index contributed by atoms with van der Waals surface area (Å²) in [5, 5.41) is 10.5. The molecule has 1 atom stereocenters. The topological polar surface area (TPSA) is 59.0 Å². The Hall–Kier alpha value is -1.36. The van der Waals surface area contributed by atoms with Gasteiger partial charge in [0, 0.05) is 24.8 Å². The standard InChI is InChI=1S/C15H28N4O/c1-11(2)7-17-14(20)12(3)16-8-13-9-18-19(10-13)15(4,5)6/h9-12,16H,7-8H2,1-6H3,(H,17,20). The number of rotatable bonds is 6. The van der Waals surface area contributed by atoms with Gasteiger partial charge in [-0.05, 0) is 33.6 Å². The minimum atomic E-state index is -0.202. The second kappa shape index (κ2) is 6.88. The predicted molar refractivity (Wildman–Crippen MR) is 81.4 cm³/mol. The van der Waals surface area contributed by atoms with Crippen LogP contribution in [0.1, 0.15) is 47.1 Å². The summed E-state index contributed by atoms with van der Waals surface area (Å²) in [5.74, 6) is 0.512. The molecule has 0 spiro atoms. The van der Waals surface area contributed by atoms with E-state index in [0.29, 0.717) is 19.0 Å². The molecule has 0 aliphatic heterocycles. The van der Waals surface area contributed by atoms with Crippen LogP contribution in [0.3, 0.4) is 0 Å². The van der Waals surface area contributed by atoms with E-state index in [1.807, 2.05) is 24.0 Å². The van der Waals surface area contributed by atoms with Crippen molar-refractivity contribution in [2.24, 2.45) is 5.92 Å². The second-order valence-corrected chi connectivity index (χ2v) is 6.71. The Morgan fingerprint density at radius 3 is 2.50 bits per heavy atom. The van der Waals surface area contributed by atoms with Crippen LogP contribution in [-0.2, 0) is 16.9 Å². The first kappa shape index (κ1) is 16.7. The lowest BCUT2D eigenvalue weighted by Crippen LogP contribution is -2.42. The Morgan fingerprint density at radius 1 is 1.35 bits per heavy atom. The molecule has 1 heterocycles. The molecule has 0 bridgehead atoms. The van der Waals surface area contributed by atoms with Gasteiger partial charge in [-0.2, -0.15) is 5.10 Å². The van der Waals surface area contributed by atoms with E-state index >= 15 is 0 Å². The third-order valence-corrected chi connectivity index (χ3v) is 3.01. The molecule has 0 aliphatic carbocycles. The molecule has 2 N–H and O–H groups in total. The number of nitrogens with one attached hydrogen (secondary N) is 2. The van der Waals surface area contributed by atoms with Crippen LogP contribution in [0.15, 0.2) is 12.4 Å². The van der Waals surface area contributed by atoms with Gasteiger partial charge < -0.3 is 10.6 Å². The number of hydrogen-bond donors (Lipinski definition) is 2. The molecule has 1 aromatic rings. The number of carbonyl (C=O) groups excluding carboxylic acids is 1. The second-order valence-electron chi connectivity index (χ2n) is 6.71. The average Bonchev–Trinajstić information content (AvgIpc) is 2.81. The van der Waals surface area contributed by atoms with Crippen LogP contribution in [0.2, 0.25) is 0 Å². The van der Waals surface area contributed by atoms with Crippen molar-refractivity contribution in [3.63, 3.8) is 0 Å². The molecule has 0 radical (unpaired) electrons. The first-order valence-electron chi connectivity index (χ1n) is 7.25. The van der Waals surface area contributed by atoms with Crippen molar-refractivity contribution in [2.45, 2.75) is 59.7 Å². The molecule has 1 aromatic heterocycles. The molecule has 5 heteroatoms. The maximum atomic E-state index is 11.8. The van der Waals surface area contributed by atoms with Gasteiger partial charge in [-0.25, -0.2) is 0 Å². The molecule has 1 unspecified atom stereocenters. The SMILES string of the molecule is CC(C)CNC(=O)C(C)NCc1cnn(C(C)(C)C)c1. The zero-order valence-corrected chi connectivity index (χ0v) is 13.5. The van der Waals surface area contributed by atoms with Crippen LogP contribution in [-0.4, -0.2) is 28.3 Å². The summed E-state index contributed by atoms with van der Waals surface area (Å²) in [5.41, 5.74) is 1.07. The zero-order chi connectivity index (χ0) is 15.3. The summed E-state index contributed by atoms with van der Waals surface area (Å²) < 4.78 is 1.94. The first-order valence-corrected chi connectivity index (χ1v) is 7.25. The summed E-state index contributed by atoms with van der Waals surface area (Å²) >= 11 is 0. The fraction of sp³-hybridized carbons (Fsp3) is 0.733. The van der Waals surface area contributed by atoms with Gasteiger partial charge in [0.15, 0.2) is 0 Å². The van der Waals surface area contributed by atoms with Gasteiger partial charge in [0.1, 0.15) is 0 Å². The van der Waals surface area contributed by atoms with Crippen molar-refractivity contribution in [1.82, 2.24) is 20.4 Å². The molecule has 0 saturated carbocycles. The Balaban J connectivity index is 2.43. The smallest absolute Gasteiger partial charge is 0.236 e. The Labute approximate surface area is 122 Å². The molecule has 0 aliphatic rings. The van der Waals surface area contributed by atoms with E-state index < -0.39 is 0 Å². The van der Waals surface area contributed by atoms with Crippen LogP contribution in [0.25, 0.3) is 0 Å². The Morgan fingerprint density at radius 2 is 2.00 bits per heavy atom. The molecule has 0 saturated heterocycles. The quantitative estimate of drug-likeness (QED) is 0.836. The summed E-state index contributed by atoms with van der Waals surface area (Å²) in [6, 6.07) is -0.202. The highest BCUT2D eigenvalue weighted by Crippen LogP contribution is 2.13. The molecule has 1 amide bonds. The third-order valence-electron chi connectivity index (χ3n) is 3.01. The van der Waals surface area contributed by atoms with E-state index in [-0.39, 0.29) is 17.5 Å². The predicted octanol–water partition coefficient (Wildman–Crippen LogP) is 1.89. The average molecular weight is 280 g/mol. The highest BCUT2D eigenvalue weighted by molar-refractivity contribution is 5.81. The van der Waals surface area contributed by atoms with Crippen LogP contribution < -0.4 is 10.6 Å². The largest absolute Gasteiger partial charge is 0.354 e. The monoisotopic (exact) mass is 280 g/mol. The van der Waals surface area contributed by atoms with E-state index in [4.69, 9.17) is 0 Å². The minimum Gasteiger partial charge on any atom is -0.354 e. The summed E-state index contributed by atoms with van der Waals surface area (Å²) in [4.78, 5) is 11.8. The fourth-order valence-corrected chi connectivity index (χ4v) is 1.64. The van der Waals surface area contributed by atoms with E-state index in [0.717, 1.165) is 5.56 Å². The van der Waals surface area contributed by atoms with E-state index in [9.17, 15) is 4.79 Å². The molecule has 5 nitrogen and oxygen atoms in total. The highest BCUT2D eigenvalue weighted by atomic mass is 16.2. The fourth-order valence-electron chi connectivity index (χ4n) is 1.64. The van der Waals surface area contributed by atoms with Crippen molar-refractivity contribution < 1.29 is 4.79 Å². The lowest BCUT2D eigenvalue weighted by Gasteiger charge is -2.18. The molecule has 20 heavy (non-hydrogen) atoms.